The molecule has 206 valence electrons. The predicted molar refractivity (Wildman–Crippen MR) is 147 cm³/mol. The fourth-order valence-electron chi connectivity index (χ4n) is 4.15. The van der Waals surface area contributed by atoms with Gasteiger partial charge in [0.2, 0.25) is 0 Å². The lowest BCUT2D eigenvalue weighted by Crippen LogP contribution is -2.28. The molecule has 0 saturated heterocycles. The SMILES string of the molecule is CCOC(CC)Oc1ccc(C(C)(CCC(=O)OC(C)(C)C)c2ccc(OC(CC)OCC)cc2)cc1. The Bertz CT molecular complexity index is 870. The molecule has 2 unspecified atom stereocenters. The van der Waals surface area contributed by atoms with E-state index < -0.39 is 11.0 Å². The topological polar surface area (TPSA) is 63.2 Å². The molecule has 0 aliphatic carbocycles. The minimum Gasteiger partial charge on any atom is -0.465 e. The summed E-state index contributed by atoms with van der Waals surface area (Å²) in [5, 5.41) is 0. The summed E-state index contributed by atoms with van der Waals surface area (Å²) in [6.07, 6.45) is 1.88. The molecule has 37 heavy (non-hydrogen) atoms. The zero-order valence-corrected chi connectivity index (χ0v) is 24.0. The molecular formula is C31H46O6. The van der Waals surface area contributed by atoms with E-state index in [0.29, 0.717) is 26.1 Å². The van der Waals surface area contributed by atoms with Crippen molar-refractivity contribution in [1.29, 1.82) is 0 Å². The predicted octanol–water partition coefficient (Wildman–Crippen LogP) is 7.42. The van der Waals surface area contributed by atoms with Crippen LogP contribution in [0.5, 0.6) is 11.5 Å². The van der Waals surface area contributed by atoms with Gasteiger partial charge >= 0.3 is 5.97 Å². The molecule has 6 nitrogen and oxygen atoms in total. The molecular weight excluding hydrogens is 468 g/mol. The molecule has 2 aromatic rings. The summed E-state index contributed by atoms with van der Waals surface area (Å²) < 4.78 is 28.8. The number of hydrogen-bond donors (Lipinski definition) is 0. The van der Waals surface area contributed by atoms with Crippen molar-refractivity contribution in [2.24, 2.45) is 0 Å². The summed E-state index contributed by atoms with van der Waals surface area (Å²) in [7, 11) is 0. The van der Waals surface area contributed by atoms with Crippen LogP contribution >= 0.6 is 0 Å². The van der Waals surface area contributed by atoms with E-state index in [9.17, 15) is 4.79 Å². The highest BCUT2D eigenvalue weighted by atomic mass is 16.7. The monoisotopic (exact) mass is 514 g/mol. The minimum atomic E-state index is -0.516. The second kappa shape index (κ2) is 14.4. The van der Waals surface area contributed by atoms with Crippen molar-refractivity contribution in [2.75, 3.05) is 13.2 Å². The summed E-state index contributed by atoms with van der Waals surface area (Å²) in [5.41, 5.74) is 1.23. The molecule has 0 amide bonds. The first-order valence-corrected chi connectivity index (χ1v) is 13.5. The molecule has 2 aromatic carbocycles. The largest absolute Gasteiger partial charge is 0.465 e. The van der Waals surface area contributed by atoms with Crippen LogP contribution in [0.15, 0.2) is 48.5 Å². The third kappa shape index (κ3) is 9.67. The molecule has 0 radical (unpaired) electrons. The normalized spacial score (nSPS) is 14.9. The lowest BCUT2D eigenvalue weighted by molar-refractivity contribution is -0.155. The van der Waals surface area contributed by atoms with E-state index in [1.54, 1.807) is 0 Å². The van der Waals surface area contributed by atoms with Crippen LogP contribution in [0.3, 0.4) is 0 Å². The van der Waals surface area contributed by atoms with Gasteiger partial charge in [0.1, 0.15) is 17.1 Å². The van der Waals surface area contributed by atoms with Gasteiger partial charge in [-0.2, -0.15) is 0 Å². The minimum absolute atomic E-state index is 0.205. The third-order valence-electron chi connectivity index (χ3n) is 6.14. The number of esters is 1. The number of benzene rings is 2. The quantitative estimate of drug-likeness (QED) is 0.182. The highest BCUT2D eigenvalue weighted by Gasteiger charge is 2.31. The number of hydrogen-bond acceptors (Lipinski definition) is 6. The van der Waals surface area contributed by atoms with Crippen molar-refractivity contribution in [2.45, 2.75) is 105 Å². The summed E-state index contributed by atoms with van der Waals surface area (Å²) in [4.78, 5) is 12.6. The average molecular weight is 515 g/mol. The van der Waals surface area contributed by atoms with Crippen molar-refractivity contribution >= 4 is 5.97 Å². The molecule has 0 saturated carbocycles. The molecule has 2 rings (SSSR count). The fraction of sp³-hybridized carbons (Fsp3) is 0.581. The maximum Gasteiger partial charge on any atom is 0.306 e. The highest BCUT2D eigenvalue weighted by Crippen LogP contribution is 2.38. The van der Waals surface area contributed by atoms with Crippen molar-refractivity contribution in [3.8, 4) is 11.5 Å². The zero-order chi connectivity index (χ0) is 27.5. The second-order valence-corrected chi connectivity index (χ2v) is 10.3. The van der Waals surface area contributed by atoms with Crippen LogP contribution in [0, 0.1) is 0 Å². The number of ether oxygens (including phenoxy) is 5. The van der Waals surface area contributed by atoms with Gasteiger partial charge < -0.3 is 23.7 Å². The molecule has 0 aliphatic rings. The Kier molecular flexibility index (Phi) is 11.9. The first-order chi connectivity index (χ1) is 17.5. The molecule has 2 atom stereocenters. The Morgan fingerprint density at radius 3 is 1.43 bits per heavy atom. The van der Waals surface area contributed by atoms with Crippen LogP contribution in [-0.2, 0) is 24.4 Å². The maximum absolute atomic E-state index is 12.6. The summed E-state index contributed by atoms with van der Waals surface area (Å²) in [6.45, 7) is 17.0. The Morgan fingerprint density at radius 2 is 1.11 bits per heavy atom. The zero-order valence-electron chi connectivity index (χ0n) is 24.0. The number of carbonyl (C=O) groups is 1. The van der Waals surface area contributed by atoms with Crippen molar-refractivity contribution in [3.63, 3.8) is 0 Å². The average Bonchev–Trinajstić information content (AvgIpc) is 2.86. The van der Waals surface area contributed by atoms with E-state index in [0.717, 1.165) is 35.5 Å². The lowest BCUT2D eigenvalue weighted by atomic mass is 9.73. The van der Waals surface area contributed by atoms with E-state index >= 15 is 0 Å². The fourth-order valence-corrected chi connectivity index (χ4v) is 4.15. The van der Waals surface area contributed by atoms with Gasteiger partial charge in [-0.3, -0.25) is 4.79 Å². The molecule has 0 spiro atoms. The summed E-state index contributed by atoms with van der Waals surface area (Å²) >= 11 is 0. The van der Waals surface area contributed by atoms with E-state index in [1.165, 1.54) is 0 Å². The Hall–Kier alpha value is -2.57. The van der Waals surface area contributed by atoms with E-state index in [1.807, 2.05) is 72.7 Å². The number of carbonyl (C=O) groups excluding carboxylic acids is 1. The van der Waals surface area contributed by atoms with E-state index in [4.69, 9.17) is 23.7 Å². The van der Waals surface area contributed by atoms with Crippen LogP contribution in [0.25, 0.3) is 0 Å². The molecule has 6 heteroatoms. The van der Waals surface area contributed by atoms with Gasteiger partial charge in [0, 0.05) is 37.9 Å². The summed E-state index contributed by atoms with van der Waals surface area (Å²) in [6, 6.07) is 16.1. The molecule has 0 N–H and O–H groups in total. The molecule has 0 fully saturated rings. The van der Waals surface area contributed by atoms with E-state index in [2.05, 4.69) is 31.2 Å². The lowest BCUT2D eigenvalue weighted by Gasteiger charge is -2.32. The Balaban J connectivity index is 2.31. The van der Waals surface area contributed by atoms with Gasteiger partial charge in [0.05, 0.1) is 0 Å². The van der Waals surface area contributed by atoms with Crippen LogP contribution in [0.2, 0.25) is 0 Å². The molecule has 0 aliphatic heterocycles. The third-order valence-corrected chi connectivity index (χ3v) is 6.14. The van der Waals surface area contributed by atoms with Gasteiger partial charge in [0.15, 0.2) is 12.6 Å². The second-order valence-electron chi connectivity index (χ2n) is 10.3. The number of rotatable bonds is 15. The van der Waals surface area contributed by atoms with Gasteiger partial charge in [0.25, 0.3) is 0 Å². The molecule has 0 heterocycles. The van der Waals surface area contributed by atoms with Crippen molar-refractivity contribution in [1.82, 2.24) is 0 Å². The van der Waals surface area contributed by atoms with Crippen LogP contribution in [0.4, 0.5) is 0 Å². The van der Waals surface area contributed by atoms with Crippen LogP contribution in [0.1, 0.15) is 92.2 Å². The van der Waals surface area contributed by atoms with Gasteiger partial charge in [-0.05, 0) is 76.4 Å². The smallest absolute Gasteiger partial charge is 0.306 e. The van der Waals surface area contributed by atoms with Crippen LogP contribution < -0.4 is 9.47 Å². The van der Waals surface area contributed by atoms with Crippen LogP contribution in [-0.4, -0.2) is 37.4 Å². The van der Waals surface area contributed by atoms with Gasteiger partial charge in [-0.15, -0.1) is 0 Å². The molecule has 0 bridgehead atoms. The van der Waals surface area contributed by atoms with Gasteiger partial charge in [-0.1, -0.05) is 45.0 Å². The van der Waals surface area contributed by atoms with Crippen molar-refractivity contribution in [3.05, 3.63) is 59.7 Å². The highest BCUT2D eigenvalue weighted by molar-refractivity contribution is 5.70. The molecule has 0 aromatic heterocycles. The Labute approximate surface area is 223 Å². The van der Waals surface area contributed by atoms with E-state index in [-0.39, 0.29) is 18.5 Å². The Morgan fingerprint density at radius 1 is 0.703 bits per heavy atom. The standard InChI is InChI=1S/C31H46O6/c1-9-28(33-11-3)35-25-17-13-23(14-18-25)31(8,22-21-27(32)37-30(5,6)7)24-15-19-26(20-16-24)36-29(10-2)34-12-4/h13-20,28-29H,9-12,21-22H2,1-8H3. The van der Waals surface area contributed by atoms with Gasteiger partial charge in [-0.25, -0.2) is 0 Å². The first-order valence-electron chi connectivity index (χ1n) is 13.5. The summed E-state index contributed by atoms with van der Waals surface area (Å²) in [5.74, 6) is 1.30. The maximum atomic E-state index is 12.6. The first kappa shape index (κ1) is 30.7. The van der Waals surface area contributed by atoms with Crippen molar-refractivity contribution < 1.29 is 28.5 Å².